The van der Waals surface area contributed by atoms with E-state index in [-0.39, 0.29) is 22.4 Å². The summed E-state index contributed by atoms with van der Waals surface area (Å²) < 4.78 is 49.8. The molecule has 1 heterocycles. The molecule has 0 aliphatic carbocycles. The summed E-state index contributed by atoms with van der Waals surface area (Å²) >= 11 is 14.1. The van der Waals surface area contributed by atoms with Gasteiger partial charge >= 0.3 is 12.1 Å². The minimum absolute atomic E-state index is 0.143. The summed E-state index contributed by atoms with van der Waals surface area (Å²) in [5.41, 5.74) is -0.877. The van der Waals surface area contributed by atoms with Gasteiger partial charge in [0.2, 0.25) is 0 Å². The van der Waals surface area contributed by atoms with Gasteiger partial charge in [0.15, 0.2) is 5.60 Å². The number of aryl methyl sites for hydroxylation is 1. The van der Waals surface area contributed by atoms with Crippen LogP contribution in [0.2, 0.25) is 10.0 Å². The fourth-order valence-electron chi connectivity index (χ4n) is 3.44. The molecule has 0 fully saturated rings. The van der Waals surface area contributed by atoms with E-state index in [1.807, 2.05) is 0 Å². The zero-order valence-corrected chi connectivity index (χ0v) is 22.1. The molecule has 0 amide bonds. The summed E-state index contributed by atoms with van der Waals surface area (Å²) in [5.74, 6) is -0.308. The number of hydrogen-bond acceptors (Lipinski definition) is 5. The number of benzene rings is 2. The lowest BCUT2D eigenvalue weighted by atomic mass is 10.0. The van der Waals surface area contributed by atoms with E-state index in [0.29, 0.717) is 33.7 Å². The molecule has 36 heavy (non-hydrogen) atoms. The van der Waals surface area contributed by atoms with Crippen LogP contribution in [0.1, 0.15) is 49.3 Å². The van der Waals surface area contributed by atoms with Crippen molar-refractivity contribution >= 4 is 40.5 Å². The normalized spacial score (nSPS) is 12.9. The van der Waals surface area contributed by atoms with Crippen LogP contribution in [0, 0.1) is 0 Å². The molecule has 0 saturated heterocycles. The van der Waals surface area contributed by atoms with E-state index in [0.717, 1.165) is 12.1 Å². The number of halogens is 5. The summed E-state index contributed by atoms with van der Waals surface area (Å²) in [4.78, 5) is 13.3. The van der Waals surface area contributed by atoms with Gasteiger partial charge in [-0.3, -0.25) is 0 Å². The van der Waals surface area contributed by atoms with Gasteiger partial charge in [0.05, 0.1) is 23.3 Å². The summed E-state index contributed by atoms with van der Waals surface area (Å²) in [6.07, 6.45) is -4.57. The molecule has 3 rings (SSSR count). The van der Waals surface area contributed by atoms with E-state index in [1.165, 1.54) is 17.4 Å². The minimum atomic E-state index is -4.43. The first kappa shape index (κ1) is 28.3. The van der Waals surface area contributed by atoms with Crippen LogP contribution in [0.25, 0.3) is 10.4 Å². The number of aliphatic hydroxyl groups is 1. The Labute approximate surface area is 221 Å². The van der Waals surface area contributed by atoms with E-state index in [2.05, 4.69) is 0 Å². The number of aliphatic hydroxyl groups excluding tert-OH is 1. The van der Waals surface area contributed by atoms with Crippen molar-refractivity contribution in [2.24, 2.45) is 0 Å². The second-order valence-corrected chi connectivity index (χ2v) is 10.4. The number of carbonyl (C=O) groups is 1. The van der Waals surface area contributed by atoms with Crippen LogP contribution in [0.3, 0.4) is 0 Å². The van der Waals surface area contributed by atoms with Crippen molar-refractivity contribution in [3.63, 3.8) is 0 Å². The van der Waals surface area contributed by atoms with Crippen LogP contribution >= 0.6 is 34.5 Å². The topological polar surface area (TPSA) is 55.8 Å². The van der Waals surface area contributed by atoms with Crippen molar-refractivity contribution in [3.05, 3.63) is 74.6 Å². The van der Waals surface area contributed by atoms with E-state index >= 15 is 0 Å². The number of carbonyl (C=O) groups excluding carboxylic acids is 1. The van der Waals surface area contributed by atoms with Crippen molar-refractivity contribution in [2.45, 2.75) is 51.5 Å². The zero-order chi connectivity index (χ0) is 26.7. The fraction of sp³-hybridized carbons (Fsp3) is 0.346. The van der Waals surface area contributed by atoms with Crippen LogP contribution in [0.4, 0.5) is 13.2 Å². The molecule has 4 nitrogen and oxygen atoms in total. The number of ether oxygens (including phenoxy) is 2. The van der Waals surface area contributed by atoms with Gasteiger partial charge in [0.1, 0.15) is 10.8 Å². The second-order valence-electron chi connectivity index (χ2n) is 8.52. The first-order valence-electron chi connectivity index (χ1n) is 11.1. The zero-order valence-electron chi connectivity index (χ0n) is 19.8. The molecule has 0 aliphatic heterocycles. The molecule has 194 valence electrons. The minimum Gasteiger partial charge on any atom is -0.475 e. The quantitative estimate of drug-likeness (QED) is 0.268. The third-order valence-corrected chi connectivity index (χ3v) is 7.51. The van der Waals surface area contributed by atoms with Crippen molar-refractivity contribution in [3.8, 4) is 16.2 Å². The number of esters is 1. The Hall–Kier alpha value is -2.26. The maximum Gasteiger partial charge on any atom is 0.416 e. The number of thiophene rings is 1. The fourth-order valence-corrected chi connectivity index (χ4v) is 4.93. The predicted octanol–water partition coefficient (Wildman–Crippen LogP) is 8.13. The summed E-state index contributed by atoms with van der Waals surface area (Å²) in [5, 5.41) is 11.1. The third-order valence-electron chi connectivity index (χ3n) is 5.38. The van der Waals surface area contributed by atoms with Crippen LogP contribution in [0.15, 0.2) is 48.5 Å². The highest BCUT2D eigenvalue weighted by Gasteiger charge is 2.33. The maximum absolute atomic E-state index is 13.0. The predicted molar refractivity (Wildman–Crippen MR) is 136 cm³/mol. The van der Waals surface area contributed by atoms with E-state index < -0.39 is 29.4 Å². The van der Waals surface area contributed by atoms with Crippen LogP contribution in [-0.2, 0) is 22.1 Å². The van der Waals surface area contributed by atoms with E-state index in [4.69, 9.17) is 32.7 Å². The van der Waals surface area contributed by atoms with Gasteiger partial charge in [-0.05, 0) is 75.1 Å². The average molecular weight is 561 g/mol. The van der Waals surface area contributed by atoms with Crippen molar-refractivity contribution in [1.82, 2.24) is 0 Å². The first-order chi connectivity index (χ1) is 16.8. The van der Waals surface area contributed by atoms with Gasteiger partial charge in [-0.25, -0.2) is 4.79 Å². The highest BCUT2D eigenvalue weighted by Crippen LogP contribution is 2.39. The Morgan fingerprint density at radius 1 is 1.08 bits per heavy atom. The molecule has 0 bridgehead atoms. The molecule has 0 radical (unpaired) electrons. The third kappa shape index (κ3) is 6.73. The molecule has 1 N–H and O–H groups in total. The van der Waals surface area contributed by atoms with Gasteiger partial charge in [-0.15, -0.1) is 11.3 Å². The van der Waals surface area contributed by atoms with Crippen LogP contribution in [-0.4, -0.2) is 23.3 Å². The van der Waals surface area contributed by atoms with Crippen LogP contribution < -0.4 is 4.74 Å². The Morgan fingerprint density at radius 2 is 1.81 bits per heavy atom. The lowest BCUT2D eigenvalue weighted by molar-refractivity contribution is -0.158. The smallest absolute Gasteiger partial charge is 0.416 e. The van der Waals surface area contributed by atoms with Crippen LogP contribution in [0.5, 0.6) is 5.75 Å². The Morgan fingerprint density at radius 3 is 2.47 bits per heavy atom. The molecule has 1 aromatic heterocycles. The molecule has 3 aromatic rings. The molecule has 0 aliphatic rings. The Kier molecular flexibility index (Phi) is 8.98. The SMILES string of the molecule is CCOC(=O)C(C)(C)Oc1ccc(CCC(O)c2ccc(-c3cccc(C(F)(F)F)c3)s2)c(Cl)c1Cl. The largest absolute Gasteiger partial charge is 0.475 e. The van der Waals surface area contributed by atoms with E-state index in [9.17, 15) is 23.1 Å². The average Bonchev–Trinajstić information content (AvgIpc) is 3.31. The lowest BCUT2D eigenvalue weighted by Crippen LogP contribution is -2.39. The number of hydrogen-bond donors (Lipinski definition) is 1. The monoisotopic (exact) mass is 560 g/mol. The van der Waals surface area contributed by atoms with Gasteiger partial charge in [-0.2, -0.15) is 13.2 Å². The Balaban J connectivity index is 1.68. The summed E-state index contributed by atoms with van der Waals surface area (Å²) in [6, 6.07) is 11.8. The van der Waals surface area contributed by atoms with Gasteiger partial charge in [0.25, 0.3) is 0 Å². The number of rotatable bonds is 9. The van der Waals surface area contributed by atoms with Gasteiger partial charge in [0, 0.05) is 9.75 Å². The Bertz CT molecular complexity index is 1220. The standard InChI is InChI=1S/C26H25Cl2F3O4S/c1-4-34-24(33)25(2,3)35-19-11-9-15(22(27)23(19)28)8-10-18(32)21-13-12-20(36-21)16-6-5-7-17(14-16)26(29,30)31/h5-7,9,11-14,18,32H,4,8,10H2,1-3H3. The molecule has 1 atom stereocenters. The molecule has 0 spiro atoms. The van der Waals surface area contributed by atoms with E-state index in [1.54, 1.807) is 51.1 Å². The van der Waals surface area contributed by atoms with Crippen molar-refractivity contribution in [1.29, 1.82) is 0 Å². The lowest BCUT2D eigenvalue weighted by Gasteiger charge is -2.25. The second kappa shape index (κ2) is 11.4. The first-order valence-corrected chi connectivity index (χ1v) is 12.7. The molecular weight excluding hydrogens is 536 g/mol. The molecule has 2 aromatic carbocycles. The molecule has 10 heteroatoms. The molecule has 0 saturated carbocycles. The van der Waals surface area contributed by atoms with Crippen molar-refractivity contribution in [2.75, 3.05) is 6.61 Å². The molecular formula is C26H25Cl2F3O4S. The summed E-state index contributed by atoms with van der Waals surface area (Å²) in [7, 11) is 0. The van der Waals surface area contributed by atoms with Crippen molar-refractivity contribution < 1.29 is 32.5 Å². The van der Waals surface area contributed by atoms with Gasteiger partial charge < -0.3 is 14.6 Å². The highest BCUT2D eigenvalue weighted by molar-refractivity contribution is 7.15. The summed E-state index contributed by atoms with van der Waals surface area (Å²) in [6.45, 7) is 5.04. The highest BCUT2D eigenvalue weighted by atomic mass is 35.5. The molecule has 1 unspecified atom stereocenters. The number of alkyl halides is 3. The maximum atomic E-state index is 13.0. The van der Waals surface area contributed by atoms with Gasteiger partial charge in [-0.1, -0.05) is 41.4 Å².